The third kappa shape index (κ3) is 7.18. The highest BCUT2D eigenvalue weighted by molar-refractivity contribution is 5.86. The number of carbonyl (C=O) groups is 3. The van der Waals surface area contributed by atoms with Crippen LogP contribution in [0.25, 0.3) is 10.8 Å². The van der Waals surface area contributed by atoms with Gasteiger partial charge < -0.3 is 9.64 Å². The van der Waals surface area contributed by atoms with Crippen molar-refractivity contribution in [2.45, 2.75) is 77.2 Å². The first-order valence-electron chi connectivity index (χ1n) is 12.0. The third-order valence-corrected chi connectivity index (χ3v) is 6.26. The van der Waals surface area contributed by atoms with Gasteiger partial charge in [0.05, 0.1) is 6.61 Å². The van der Waals surface area contributed by atoms with Gasteiger partial charge in [0.25, 0.3) is 0 Å². The lowest BCUT2D eigenvalue weighted by Gasteiger charge is -2.24. The molecule has 2 aromatic rings. The van der Waals surface area contributed by atoms with E-state index in [0.29, 0.717) is 32.3 Å². The van der Waals surface area contributed by atoms with Gasteiger partial charge in [0.2, 0.25) is 5.91 Å². The number of hydrogen-bond donors (Lipinski definition) is 0. The van der Waals surface area contributed by atoms with Gasteiger partial charge in [-0.2, -0.15) is 0 Å². The maximum atomic E-state index is 12.6. The highest BCUT2D eigenvalue weighted by atomic mass is 16.5. The number of fused-ring (bicyclic) bond motifs is 1. The molecule has 1 aliphatic rings. The van der Waals surface area contributed by atoms with Crippen LogP contribution in [-0.2, 0) is 25.5 Å². The SMILES string of the molecule is CCOC(=O)CCCCCCN1C(=O)CC[C@@H]1CCC(=O)Cc1ccc2ccccc2c1. The fraction of sp³-hybridized carbons (Fsp3) is 0.519. The highest BCUT2D eigenvalue weighted by Gasteiger charge is 2.30. The molecule has 1 amide bonds. The molecule has 1 aliphatic heterocycles. The van der Waals surface area contributed by atoms with E-state index < -0.39 is 0 Å². The molecule has 1 atom stereocenters. The lowest BCUT2D eigenvalue weighted by molar-refractivity contribution is -0.143. The topological polar surface area (TPSA) is 63.7 Å². The molecule has 0 bridgehead atoms. The minimum atomic E-state index is -0.129. The van der Waals surface area contributed by atoms with Crippen molar-refractivity contribution >= 4 is 28.4 Å². The van der Waals surface area contributed by atoms with Crippen LogP contribution in [0.5, 0.6) is 0 Å². The smallest absolute Gasteiger partial charge is 0.305 e. The number of benzene rings is 2. The fourth-order valence-electron chi connectivity index (χ4n) is 4.53. The van der Waals surface area contributed by atoms with E-state index in [9.17, 15) is 14.4 Å². The summed E-state index contributed by atoms with van der Waals surface area (Å²) >= 11 is 0. The van der Waals surface area contributed by atoms with E-state index >= 15 is 0 Å². The molecule has 1 saturated heterocycles. The van der Waals surface area contributed by atoms with E-state index in [1.54, 1.807) is 0 Å². The van der Waals surface area contributed by atoms with Crippen LogP contribution < -0.4 is 0 Å². The van der Waals surface area contributed by atoms with Gasteiger partial charge in [-0.25, -0.2) is 0 Å². The molecule has 32 heavy (non-hydrogen) atoms. The first-order valence-corrected chi connectivity index (χ1v) is 12.0. The minimum absolute atomic E-state index is 0.129. The van der Waals surface area contributed by atoms with Crippen LogP contribution in [0, 0.1) is 0 Å². The number of amides is 1. The molecule has 5 heteroatoms. The second kappa shape index (κ2) is 12.4. The van der Waals surface area contributed by atoms with Gasteiger partial charge in [-0.05, 0) is 48.9 Å². The third-order valence-electron chi connectivity index (χ3n) is 6.26. The molecule has 1 heterocycles. The normalized spacial score (nSPS) is 16.0. The Bertz CT molecular complexity index is 923. The molecule has 0 unspecified atom stereocenters. The summed E-state index contributed by atoms with van der Waals surface area (Å²) in [5, 5.41) is 2.34. The van der Waals surface area contributed by atoms with Crippen molar-refractivity contribution in [3.05, 3.63) is 48.0 Å². The van der Waals surface area contributed by atoms with Gasteiger partial charge in [-0.1, -0.05) is 55.3 Å². The summed E-state index contributed by atoms with van der Waals surface area (Å²) in [6.07, 6.45) is 7.37. The zero-order chi connectivity index (χ0) is 22.8. The number of Topliss-reactive ketones (excluding diaryl/α,β-unsaturated/α-hetero) is 1. The average Bonchev–Trinajstić information content (AvgIpc) is 3.14. The number of unbranched alkanes of at least 4 members (excludes halogenated alkanes) is 3. The number of hydrogen-bond acceptors (Lipinski definition) is 4. The van der Waals surface area contributed by atoms with E-state index in [4.69, 9.17) is 4.74 Å². The molecule has 0 saturated carbocycles. The molecule has 1 fully saturated rings. The summed E-state index contributed by atoms with van der Waals surface area (Å²) in [5.74, 6) is 0.317. The Hall–Kier alpha value is -2.69. The molecule has 172 valence electrons. The van der Waals surface area contributed by atoms with Gasteiger partial charge in [0.1, 0.15) is 5.78 Å². The van der Waals surface area contributed by atoms with Crippen molar-refractivity contribution in [1.29, 1.82) is 0 Å². The number of likely N-dealkylation sites (tertiary alicyclic amines) is 1. The lowest BCUT2D eigenvalue weighted by atomic mass is 9.99. The number of ketones is 1. The second-order valence-corrected chi connectivity index (χ2v) is 8.68. The number of nitrogens with zero attached hydrogens (tertiary/aromatic N) is 1. The largest absolute Gasteiger partial charge is 0.466 e. The molecule has 3 rings (SSSR count). The zero-order valence-electron chi connectivity index (χ0n) is 19.2. The van der Waals surface area contributed by atoms with Crippen molar-refractivity contribution in [1.82, 2.24) is 4.90 Å². The predicted octanol–water partition coefficient (Wildman–Crippen LogP) is 5.24. The summed E-state index contributed by atoms with van der Waals surface area (Å²) in [7, 11) is 0. The summed E-state index contributed by atoms with van der Waals surface area (Å²) in [6, 6.07) is 14.6. The standard InChI is InChI=1S/C27H35NO4/c1-2-32-27(31)11-5-3-4-8-18-28-24(15-17-26(28)30)14-16-25(29)20-21-12-13-22-9-6-7-10-23(22)19-21/h6-7,9-10,12-13,19,24H,2-5,8,11,14-18,20H2,1H3/t24-/m0/s1. The Labute approximate surface area is 191 Å². The Morgan fingerprint density at radius 1 is 1.00 bits per heavy atom. The molecule has 0 radical (unpaired) electrons. The van der Waals surface area contributed by atoms with Crippen LogP contribution in [0.3, 0.4) is 0 Å². The van der Waals surface area contributed by atoms with Crippen molar-refractivity contribution in [3.63, 3.8) is 0 Å². The van der Waals surface area contributed by atoms with Gasteiger partial charge in [-0.15, -0.1) is 0 Å². The van der Waals surface area contributed by atoms with Crippen LogP contribution >= 0.6 is 0 Å². The maximum absolute atomic E-state index is 12.6. The van der Waals surface area contributed by atoms with Crippen molar-refractivity contribution in [2.75, 3.05) is 13.2 Å². The Balaban J connectivity index is 1.38. The summed E-state index contributed by atoms with van der Waals surface area (Å²) in [5.41, 5.74) is 1.05. The van der Waals surface area contributed by atoms with E-state index in [1.807, 2.05) is 30.0 Å². The molecular formula is C27H35NO4. The average molecular weight is 438 g/mol. The first-order chi connectivity index (χ1) is 15.6. The summed E-state index contributed by atoms with van der Waals surface area (Å²) in [4.78, 5) is 38.2. The molecule has 2 aromatic carbocycles. The predicted molar refractivity (Wildman–Crippen MR) is 126 cm³/mol. The van der Waals surface area contributed by atoms with E-state index in [1.165, 1.54) is 5.39 Å². The van der Waals surface area contributed by atoms with Gasteiger partial charge in [-0.3, -0.25) is 14.4 Å². The Kier molecular flexibility index (Phi) is 9.27. The van der Waals surface area contributed by atoms with Crippen molar-refractivity contribution in [2.24, 2.45) is 0 Å². The minimum Gasteiger partial charge on any atom is -0.466 e. The molecular weight excluding hydrogens is 402 g/mol. The number of carbonyl (C=O) groups excluding carboxylic acids is 3. The maximum Gasteiger partial charge on any atom is 0.305 e. The first kappa shape index (κ1) is 24.0. The van der Waals surface area contributed by atoms with Crippen LogP contribution in [-0.4, -0.2) is 41.8 Å². The van der Waals surface area contributed by atoms with Gasteiger partial charge >= 0.3 is 5.97 Å². The molecule has 5 nitrogen and oxygen atoms in total. The fourth-order valence-corrected chi connectivity index (χ4v) is 4.53. The number of ether oxygens (including phenoxy) is 1. The van der Waals surface area contributed by atoms with E-state index in [0.717, 1.165) is 56.0 Å². The summed E-state index contributed by atoms with van der Waals surface area (Å²) in [6.45, 7) is 3.00. The molecule has 0 aromatic heterocycles. The molecule has 0 N–H and O–H groups in total. The second-order valence-electron chi connectivity index (χ2n) is 8.68. The van der Waals surface area contributed by atoms with Crippen molar-refractivity contribution in [3.8, 4) is 0 Å². The van der Waals surface area contributed by atoms with Gasteiger partial charge in [0, 0.05) is 38.3 Å². The van der Waals surface area contributed by atoms with Crippen LogP contribution in [0.15, 0.2) is 42.5 Å². The molecule has 0 aliphatic carbocycles. The van der Waals surface area contributed by atoms with Crippen molar-refractivity contribution < 1.29 is 19.1 Å². The van der Waals surface area contributed by atoms with Crippen LogP contribution in [0.1, 0.15) is 70.3 Å². The Morgan fingerprint density at radius 2 is 1.78 bits per heavy atom. The van der Waals surface area contributed by atoms with Crippen LogP contribution in [0.4, 0.5) is 0 Å². The lowest BCUT2D eigenvalue weighted by Crippen LogP contribution is -2.34. The zero-order valence-corrected chi connectivity index (χ0v) is 19.2. The Morgan fingerprint density at radius 3 is 2.59 bits per heavy atom. The molecule has 0 spiro atoms. The van der Waals surface area contributed by atoms with Crippen LogP contribution in [0.2, 0.25) is 0 Å². The highest BCUT2D eigenvalue weighted by Crippen LogP contribution is 2.24. The number of rotatable bonds is 13. The number of esters is 1. The van der Waals surface area contributed by atoms with E-state index in [-0.39, 0.29) is 23.7 Å². The summed E-state index contributed by atoms with van der Waals surface area (Å²) < 4.78 is 4.94. The van der Waals surface area contributed by atoms with E-state index in [2.05, 4.69) is 24.3 Å². The van der Waals surface area contributed by atoms with Gasteiger partial charge in [0.15, 0.2) is 0 Å². The quantitative estimate of drug-likeness (QED) is 0.318. The monoisotopic (exact) mass is 437 g/mol.